The van der Waals surface area contributed by atoms with Crippen LogP contribution in [0.2, 0.25) is 0 Å². The van der Waals surface area contributed by atoms with Gasteiger partial charge in [-0.25, -0.2) is 0 Å². The van der Waals surface area contributed by atoms with Crippen LogP contribution in [0.15, 0.2) is 34.9 Å². The second kappa shape index (κ2) is 2.97. The second-order valence-electron chi connectivity index (χ2n) is 2.25. The molecule has 0 aromatic rings. The molecule has 0 aromatic carbocycles. The first-order valence-corrected chi connectivity index (χ1v) is 4.07. The molecule has 1 heterocycles. The molecule has 0 fully saturated rings. The molecule has 0 aromatic heterocycles. The molecule has 0 radical (unpaired) electrons. The predicted molar refractivity (Wildman–Crippen MR) is 47.4 cm³/mol. The van der Waals surface area contributed by atoms with Gasteiger partial charge in [0.1, 0.15) is 0 Å². The Kier molecular flexibility index (Phi) is 2.22. The fourth-order valence-electron chi connectivity index (χ4n) is 0.673. The van der Waals surface area contributed by atoms with Gasteiger partial charge in [0.2, 0.25) is 0 Å². The monoisotopic (exact) mass is 153 g/mol. The number of hydrogen-bond acceptors (Lipinski definition) is 2. The minimum absolute atomic E-state index is 1.04. The lowest BCUT2D eigenvalue weighted by Crippen LogP contribution is -2.11. The van der Waals surface area contributed by atoms with E-state index in [9.17, 15) is 0 Å². The van der Waals surface area contributed by atoms with Crippen molar-refractivity contribution in [2.24, 2.45) is 0 Å². The molecule has 0 N–H and O–H groups in total. The Morgan fingerprint density at radius 2 is 2.30 bits per heavy atom. The van der Waals surface area contributed by atoms with E-state index in [4.69, 9.17) is 0 Å². The lowest BCUT2D eigenvalue weighted by molar-refractivity contribution is 0.542. The Morgan fingerprint density at radius 1 is 1.60 bits per heavy atom. The summed E-state index contributed by atoms with van der Waals surface area (Å²) in [7, 11) is 2.02. The maximum absolute atomic E-state index is 3.89. The van der Waals surface area contributed by atoms with Gasteiger partial charge in [0.25, 0.3) is 0 Å². The van der Waals surface area contributed by atoms with Crippen molar-refractivity contribution < 1.29 is 0 Å². The Hall–Kier alpha value is -0.630. The first-order chi connectivity index (χ1) is 4.72. The molecule has 1 aliphatic rings. The molecule has 0 saturated carbocycles. The third-order valence-electron chi connectivity index (χ3n) is 1.54. The topological polar surface area (TPSA) is 3.24 Å². The van der Waals surface area contributed by atoms with Gasteiger partial charge >= 0.3 is 0 Å². The molecule has 0 aliphatic carbocycles. The van der Waals surface area contributed by atoms with Crippen LogP contribution in [0, 0.1) is 0 Å². The normalized spacial score (nSPS) is 18.8. The fraction of sp³-hybridized carbons (Fsp3) is 0.250. The van der Waals surface area contributed by atoms with E-state index in [-0.39, 0.29) is 0 Å². The molecule has 0 bridgehead atoms. The molecule has 0 saturated heterocycles. The van der Waals surface area contributed by atoms with Gasteiger partial charge in [-0.3, -0.25) is 0 Å². The van der Waals surface area contributed by atoms with Gasteiger partial charge in [-0.15, -0.1) is 11.8 Å². The highest BCUT2D eigenvalue weighted by atomic mass is 32.2. The lowest BCUT2D eigenvalue weighted by atomic mass is 10.4. The molecule has 54 valence electrons. The quantitative estimate of drug-likeness (QED) is 0.526. The van der Waals surface area contributed by atoms with Crippen LogP contribution in [-0.2, 0) is 0 Å². The van der Waals surface area contributed by atoms with E-state index >= 15 is 0 Å². The average Bonchev–Trinajstić information content (AvgIpc) is 2.04. The van der Waals surface area contributed by atoms with Crippen molar-refractivity contribution in [1.82, 2.24) is 4.90 Å². The summed E-state index contributed by atoms with van der Waals surface area (Å²) in [5.74, 6) is 0. The minimum atomic E-state index is 1.04. The number of rotatable bonds is 0. The van der Waals surface area contributed by atoms with Crippen LogP contribution >= 0.6 is 11.8 Å². The van der Waals surface area contributed by atoms with Crippen LogP contribution in [0.4, 0.5) is 0 Å². The highest BCUT2D eigenvalue weighted by molar-refractivity contribution is 8.04. The van der Waals surface area contributed by atoms with Gasteiger partial charge < -0.3 is 4.90 Å². The average molecular weight is 153 g/mol. The molecule has 1 rings (SSSR count). The first kappa shape index (κ1) is 7.48. The molecular formula is C8H11NS. The summed E-state index contributed by atoms with van der Waals surface area (Å²) < 4.78 is 0. The number of thioether (sulfide) groups is 1. The summed E-state index contributed by atoms with van der Waals surface area (Å²) in [6, 6.07) is 0. The lowest BCUT2D eigenvalue weighted by Gasteiger charge is -2.17. The highest BCUT2D eigenvalue weighted by Crippen LogP contribution is 2.19. The SMILES string of the molecule is C=C1C=CSC=C(C)N1C. The fourth-order valence-corrected chi connectivity index (χ4v) is 1.34. The van der Waals surface area contributed by atoms with Gasteiger partial charge in [0, 0.05) is 18.4 Å². The van der Waals surface area contributed by atoms with E-state index in [1.165, 1.54) is 5.70 Å². The summed E-state index contributed by atoms with van der Waals surface area (Å²) >= 11 is 1.69. The summed E-state index contributed by atoms with van der Waals surface area (Å²) in [6.07, 6.45) is 2.01. The smallest absolute Gasteiger partial charge is 0.0337 e. The van der Waals surface area contributed by atoms with Crippen molar-refractivity contribution in [2.75, 3.05) is 7.05 Å². The van der Waals surface area contributed by atoms with E-state index in [1.807, 2.05) is 18.5 Å². The standard InChI is InChI=1S/C8H11NS/c1-7-4-5-10-6-8(2)9(7)3/h4-6H,1H2,2-3H3. The van der Waals surface area contributed by atoms with Crippen LogP contribution in [0.25, 0.3) is 0 Å². The third-order valence-corrected chi connectivity index (χ3v) is 2.31. The Morgan fingerprint density at radius 3 is 3.00 bits per heavy atom. The zero-order chi connectivity index (χ0) is 7.56. The van der Waals surface area contributed by atoms with Crippen molar-refractivity contribution >= 4 is 11.8 Å². The van der Waals surface area contributed by atoms with E-state index in [0.29, 0.717) is 0 Å². The van der Waals surface area contributed by atoms with Crippen molar-refractivity contribution in [2.45, 2.75) is 6.92 Å². The van der Waals surface area contributed by atoms with Crippen molar-refractivity contribution in [3.8, 4) is 0 Å². The third kappa shape index (κ3) is 1.45. The summed E-state index contributed by atoms with van der Waals surface area (Å²) in [5.41, 5.74) is 2.28. The predicted octanol–water partition coefficient (Wildman–Crippen LogP) is 2.55. The molecule has 0 unspecified atom stereocenters. The molecule has 2 heteroatoms. The molecule has 10 heavy (non-hydrogen) atoms. The van der Waals surface area contributed by atoms with Crippen LogP contribution in [0.3, 0.4) is 0 Å². The second-order valence-corrected chi connectivity index (χ2v) is 3.03. The number of nitrogens with zero attached hydrogens (tertiary/aromatic N) is 1. The molecule has 1 aliphatic heterocycles. The van der Waals surface area contributed by atoms with Gasteiger partial charge in [-0.05, 0) is 23.8 Å². The summed E-state index contributed by atoms with van der Waals surface area (Å²) in [6.45, 7) is 5.97. The minimum Gasteiger partial charge on any atom is -0.348 e. The zero-order valence-electron chi connectivity index (χ0n) is 6.29. The van der Waals surface area contributed by atoms with E-state index in [0.717, 1.165) is 5.70 Å². The Balaban J connectivity index is 2.84. The summed E-state index contributed by atoms with van der Waals surface area (Å²) in [5, 5.41) is 4.14. The maximum Gasteiger partial charge on any atom is 0.0337 e. The van der Waals surface area contributed by atoms with E-state index < -0.39 is 0 Å². The number of allylic oxidation sites excluding steroid dienone is 2. The van der Waals surface area contributed by atoms with Crippen molar-refractivity contribution in [3.63, 3.8) is 0 Å². The Labute approximate surface area is 66.1 Å². The molecule has 1 nitrogen and oxygen atoms in total. The van der Waals surface area contributed by atoms with Crippen LogP contribution in [-0.4, -0.2) is 11.9 Å². The van der Waals surface area contributed by atoms with Gasteiger partial charge in [0.15, 0.2) is 0 Å². The van der Waals surface area contributed by atoms with Crippen molar-refractivity contribution in [1.29, 1.82) is 0 Å². The van der Waals surface area contributed by atoms with Crippen LogP contribution in [0.5, 0.6) is 0 Å². The van der Waals surface area contributed by atoms with Gasteiger partial charge in [-0.2, -0.15) is 0 Å². The van der Waals surface area contributed by atoms with Crippen LogP contribution in [0.1, 0.15) is 6.92 Å². The van der Waals surface area contributed by atoms with Crippen LogP contribution < -0.4 is 0 Å². The number of hydrogen-bond donors (Lipinski definition) is 0. The van der Waals surface area contributed by atoms with E-state index in [2.05, 4.69) is 23.8 Å². The Bertz CT molecular complexity index is 201. The van der Waals surface area contributed by atoms with E-state index in [1.54, 1.807) is 11.8 Å². The first-order valence-electron chi connectivity index (χ1n) is 3.13. The largest absolute Gasteiger partial charge is 0.348 e. The number of likely N-dealkylation sites (N-methyl/N-ethyl adjacent to an activating group) is 1. The highest BCUT2D eigenvalue weighted by Gasteiger charge is 2.02. The molecular weight excluding hydrogens is 142 g/mol. The zero-order valence-corrected chi connectivity index (χ0v) is 7.11. The van der Waals surface area contributed by atoms with Gasteiger partial charge in [-0.1, -0.05) is 6.58 Å². The molecule has 0 atom stereocenters. The summed E-state index contributed by atoms with van der Waals surface area (Å²) in [4.78, 5) is 2.07. The van der Waals surface area contributed by atoms with Gasteiger partial charge in [0.05, 0.1) is 0 Å². The maximum atomic E-state index is 3.89. The molecule has 0 spiro atoms. The molecule has 0 amide bonds. The van der Waals surface area contributed by atoms with Crippen molar-refractivity contribution in [3.05, 3.63) is 34.9 Å².